The Hall–Kier alpha value is -0.960. The molecule has 1 unspecified atom stereocenters. The van der Waals surface area contributed by atoms with Crippen molar-refractivity contribution in [2.75, 3.05) is 0 Å². The van der Waals surface area contributed by atoms with Crippen LogP contribution in [0, 0.1) is 5.92 Å². The van der Waals surface area contributed by atoms with Gasteiger partial charge in [-0.1, -0.05) is 13.8 Å². The van der Waals surface area contributed by atoms with Crippen molar-refractivity contribution < 1.29 is 0 Å². The maximum absolute atomic E-state index is 6.12. The summed E-state index contributed by atoms with van der Waals surface area (Å²) in [7, 11) is 0. The van der Waals surface area contributed by atoms with Gasteiger partial charge < -0.3 is 5.73 Å². The van der Waals surface area contributed by atoms with Crippen LogP contribution in [0.4, 0.5) is 0 Å². The van der Waals surface area contributed by atoms with Crippen molar-refractivity contribution in [3.63, 3.8) is 0 Å². The van der Waals surface area contributed by atoms with Gasteiger partial charge in [0.1, 0.15) is 6.33 Å². The molecule has 14 heavy (non-hydrogen) atoms. The lowest BCUT2D eigenvalue weighted by Gasteiger charge is -2.17. The highest BCUT2D eigenvalue weighted by atomic mass is 14.9. The third-order valence-electron chi connectivity index (χ3n) is 2.94. The van der Waals surface area contributed by atoms with Gasteiger partial charge in [0.05, 0.1) is 5.69 Å². The summed E-state index contributed by atoms with van der Waals surface area (Å²) in [5.41, 5.74) is 9.72. The Bertz CT molecular complexity index is 333. The van der Waals surface area contributed by atoms with Gasteiger partial charge in [0.2, 0.25) is 0 Å². The minimum atomic E-state index is 0.0600. The molecule has 0 amide bonds. The standard InChI is InChI=1S/C11H17N3/c1-7(2)10(12)11-8-4-3-5-9(8)13-6-14-11/h6-7,10H,3-5,12H2,1-2H3. The van der Waals surface area contributed by atoms with E-state index in [0.29, 0.717) is 5.92 Å². The third kappa shape index (κ3) is 1.52. The van der Waals surface area contributed by atoms with Crippen LogP contribution in [0.15, 0.2) is 6.33 Å². The smallest absolute Gasteiger partial charge is 0.116 e. The molecule has 0 fully saturated rings. The quantitative estimate of drug-likeness (QED) is 0.772. The van der Waals surface area contributed by atoms with Crippen LogP contribution in [-0.2, 0) is 12.8 Å². The van der Waals surface area contributed by atoms with Crippen molar-refractivity contribution in [3.05, 3.63) is 23.3 Å². The molecule has 2 rings (SSSR count). The van der Waals surface area contributed by atoms with Crippen LogP contribution in [0.2, 0.25) is 0 Å². The summed E-state index contributed by atoms with van der Waals surface area (Å²) in [6.07, 6.45) is 5.05. The van der Waals surface area contributed by atoms with Gasteiger partial charge in [0.25, 0.3) is 0 Å². The monoisotopic (exact) mass is 191 g/mol. The number of aryl methyl sites for hydroxylation is 1. The first-order chi connectivity index (χ1) is 6.70. The fourth-order valence-corrected chi connectivity index (χ4v) is 1.99. The summed E-state index contributed by atoms with van der Waals surface area (Å²) >= 11 is 0. The summed E-state index contributed by atoms with van der Waals surface area (Å²) < 4.78 is 0. The number of nitrogens with two attached hydrogens (primary N) is 1. The molecule has 0 aliphatic heterocycles. The molecule has 0 saturated heterocycles. The van der Waals surface area contributed by atoms with E-state index in [4.69, 9.17) is 5.73 Å². The molecule has 0 spiro atoms. The SMILES string of the molecule is CC(C)C(N)c1ncnc2c1CCC2. The zero-order chi connectivity index (χ0) is 10.1. The van der Waals surface area contributed by atoms with Gasteiger partial charge in [-0.3, -0.25) is 0 Å². The van der Waals surface area contributed by atoms with E-state index in [1.807, 2.05) is 0 Å². The fraction of sp³-hybridized carbons (Fsp3) is 0.636. The Kier molecular flexibility index (Phi) is 2.50. The van der Waals surface area contributed by atoms with E-state index in [-0.39, 0.29) is 6.04 Å². The van der Waals surface area contributed by atoms with Crippen LogP contribution in [0.25, 0.3) is 0 Å². The van der Waals surface area contributed by atoms with E-state index < -0.39 is 0 Å². The Morgan fingerprint density at radius 1 is 1.29 bits per heavy atom. The van der Waals surface area contributed by atoms with Crippen LogP contribution >= 0.6 is 0 Å². The Morgan fingerprint density at radius 2 is 2.07 bits per heavy atom. The molecule has 0 bridgehead atoms. The third-order valence-corrected chi connectivity index (χ3v) is 2.94. The van der Waals surface area contributed by atoms with Crippen molar-refractivity contribution in [1.82, 2.24) is 9.97 Å². The number of hydrogen-bond donors (Lipinski definition) is 1. The lowest BCUT2D eigenvalue weighted by Crippen LogP contribution is -2.20. The molecule has 0 aromatic carbocycles. The summed E-state index contributed by atoms with van der Waals surface area (Å²) in [5.74, 6) is 0.439. The second-order valence-corrected chi connectivity index (χ2v) is 4.31. The van der Waals surface area contributed by atoms with Crippen LogP contribution < -0.4 is 5.73 Å². The predicted molar refractivity (Wildman–Crippen MR) is 55.8 cm³/mol. The molecule has 2 N–H and O–H groups in total. The highest BCUT2D eigenvalue weighted by Gasteiger charge is 2.22. The molecule has 0 radical (unpaired) electrons. The second kappa shape index (κ2) is 3.65. The Labute approximate surface area is 84.8 Å². The molecule has 3 nitrogen and oxygen atoms in total. The van der Waals surface area contributed by atoms with Gasteiger partial charge in [0, 0.05) is 11.7 Å². The van der Waals surface area contributed by atoms with E-state index in [9.17, 15) is 0 Å². The van der Waals surface area contributed by atoms with Gasteiger partial charge >= 0.3 is 0 Å². The summed E-state index contributed by atoms with van der Waals surface area (Å²) in [6, 6.07) is 0.0600. The minimum absolute atomic E-state index is 0.0600. The van der Waals surface area contributed by atoms with Crippen LogP contribution in [0.3, 0.4) is 0 Å². The summed E-state index contributed by atoms with van der Waals surface area (Å²) in [4.78, 5) is 8.63. The lowest BCUT2D eigenvalue weighted by atomic mass is 9.97. The molecule has 1 aromatic rings. The van der Waals surface area contributed by atoms with E-state index in [2.05, 4.69) is 23.8 Å². The molecule has 1 aromatic heterocycles. The van der Waals surface area contributed by atoms with Gasteiger partial charge in [-0.25, -0.2) is 9.97 Å². The normalized spacial score (nSPS) is 17.1. The van der Waals surface area contributed by atoms with Crippen molar-refractivity contribution >= 4 is 0 Å². The molecule has 1 aliphatic rings. The highest BCUT2D eigenvalue weighted by Crippen LogP contribution is 2.27. The number of hydrogen-bond acceptors (Lipinski definition) is 3. The van der Waals surface area contributed by atoms with Crippen molar-refractivity contribution in [3.8, 4) is 0 Å². The van der Waals surface area contributed by atoms with Crippen LogP contribution in [-0.4, -0.2) is 9.97 Å². The van der Waals surface area contributed by atoms with Crippen molar-refractivity contribution in [2.24, 2.45) is 11.7 Å². The van der Waals surface area contributed by atoms with E-state index >= 15 is 0 Å². The fourth-order valence-electron chi connectivity index (χ4n) is 1.99. The Balaban J connectivity index is 2.39. The summed E-state index contributed by atoms with van der Waals surface area (Å²) in [5, 5.41) is 0. The zero-order valence-electron chi connectivity index (χ0n) is 8.83. The number of fused-ring (bicyclic) bond motifs is 1. The Morgan fingerprint density at radius 3 is 2.79 bits per heavy atom. The first kappa shape index (κ1) is 9.59. The number of aromatic nitrogens is 2. The topological polar surface area (TPSA) is 51.8 Å². The molecular formula is C11H17N3. The van der Waals surface area contributed by atoms with Gasteiger partial charge in [-0.15, -0.1) is 0 Å². The van der Waals surface area contributed by atoms with Crippen molar-refractivity contribution in [2.45, 2.75) is 39.2 Å². The first-order valence-corrected chi connectivity index (χ1v) is 5.28. The molecular weight excluding hydrogens is 174 g/mol. The summed E-state index contributed by atoms with van der Waals surface area (Å²) in [6.45, 7) is 4.27. The van der Waals surface area contributed by atoms with Gasteiger partial charge in [-0.2, -0.15) is 0 Å². The minimum Gasteiger partial charge on any atom is -0.322 e. The van der Waals surface area contributed by atoms with Crippen molar-refractivity contribution in [1.29, 1.82) is 0 Å². The molecule has 1 atom stereocenters. The van der Waals surface area contributed by atoms with Crippen LogP contribution in [0.1, 0.15) is 43.3 Å². The molecule has 76 valence electrons. The van der Waals surface area contributed by atoms with E-state index in [1.165, 1.54) is 17.7 Å². The van der Waals surface area contributed by atoms with Gasteiger partial charge in [-0.05, 0) is 30.7 Å². The van der Waals surface area contributed by atoms with E-state index in [0.717, 1.165) is 18.5 Å². The first-order valence-electron chi connectivity index (χ1n) is 5.28. The molecule has 1 heterocycles. The maximum atomic E-state index is 6.12. The van der Waals surface area contributed by atoms with Crippen LogP contribution in [0.5, 0.6) is 0 Å². The number of rotatable bonds is 2. The van der Waals surface area contributed by atoms with Gasteiger partial charge in [0.15, 0.2) is 0 Å². The zero-order valence-corrected chi connectivity index (χ0v) is 8.83. The number of nitrogens with zero attached hydrogens (tertiary/aromatic N) is 2. The average Bonchev–Trinajstić information content (AvgIpc) is 2.63. The van der Waals surface area contributed by atoms with E-state index in [1.54, 1.807) is 6.33 Å². The molecule has 3 heteroatoms. The predicted octanol–water partition coefficient (Wildman–Crippen LogP) is 1.62. The maximum Gasteiger partial charge on any atom is 0.116 e. The second-order valence-electron chi connectivity index (χ2n) is 4.31. The lowest BCUT2D eigenvalue weighted by molar-refractivity contribution is 0.498. The largest absolute Gasteiger partial charge is 0.322 e. The average molecular weight is 191 g/mol. The highest BCUT2D eigenvalue weighted by molar-refractivity contribution is 5.30. The molecule has 1 aliphatic carbocycles. The molecule has 0 saturated carbocycles.